The van der Waals surface area contributed by atoms with Crippen LogP contribution in [0.15, 0.2) is 0 Å². The molecule has 0 aromatic heterocycles. The van der Waals surface area contributed by atoms with Gasteiger partial charge in [-0.3, -0.25) is 4.90 Å². The summed E-state index contributed by atoms with van der Waals surface area (Å²) < 4.78 is 0. The van der Waals surface area contributed by atoms with E-state index in [-0.39, 0.29) is 6.17 Å². The zero-order valence-electron chi connectivity index (χ0n) is 22.2. The van der Waals surface area contributed by atoms with Gasteiger partial charge in [0.1, 0.15) is 0 Å². The number of aliphatic hydroxyl groups excluding tert-OH is 2. The molecule has 0 heterocycles. The number of hydrogen-bond donors (Lipinski definition) is 4. The summed E-state index contributed by atoms with van der Waals surface area (Å²) in [5, 5.41) is 31.0. The predicted octanol–water partition coefficient (Wildman–Crippen LogP) is 6.79. The Balaban J connectivity index is 4.15. The fraction of sp³-hybridized carbons (Fsp3) is 1.00. The van der Waals surface area contributed by atoms with E-state index in [0.717, 1.165) is 19.3 Å². The first-order chi connectivity index (χ1) is 15.4. The summed E-state index contributed by atoms with van der Waals surface area (Å²) in [6, 6.07) is 0. The van der Waals surface area contributed by atoms with Gasteiger partial charge in [-0.2, -0.15) is 5.48 Å². The average molecular weight is 459 g/mol. The maximum atomic E-state index is 10.7. The summed E-state index contributed by atoms with van der Waals surface area (Å²) in [4.78, 5) is 2.05. The normalized spacial score (nSPS) is 16.8. The highest BCUT2D eigenvalue weighted by Gasteiger charge is 2.46. The van der Waals surface area contributed by atoms with Crippen LogP contribution in [-0.4, -0.2) is 50.8 Å². The number of hydroxylamine groups is 1. The van der Waals surface area contributed by atoms with Crippen LogP contribution in [0.4, 0.5) is 0 Å². The van der Waals surface area contributed by atoms with Gasteiger partial charge in [-0.25, -0.2) is 0 Å². The van der Waals surface area contributed by atoms with Crippen LogP contribution in [0.2, 0.25) is 0 Å². The molecule has 4 N–H and O–H groups in total. The monoisotopic (exact) mass is 458 g/mol. The topological polar surface area (TPSA) is 76.0 Å². The second-order valence-electron chi connectivity index (χ2n) is 9.88. The average Bonchev–Trinajstić information content (AvgIpc) is 2.77. The van der Waals surface area contributed by atoms with E-state index in [2.05, 4.69) is 12.4 Å². The molecule has 3 unspecified atom stereocenters. The minimum Gasteiger partial charge on any atom is -0.391 e. The molecule has 0 aliphatic heterocycles. The van der Waals surface area contributed by atoms with Crippen molar-refractivity contribution in [2.45, 2.75) is 168 Å². The zero-order chi connectivity index (χ0) is 24.2. The van der Waals surface area contributed by atoms with Crippen molar-refractivity contribution in [2.75, 3.05) is 6.54 Å². The Bertz CT molecular complexity index is 392. The molecule has 0 amide bonds. The largest absolute Gasteiger partial charge is 0.391 e. The van der Waals surface area contributed by atoms with Crippen molar-refractivity contribution in [3.63, 3.8) is 0 Å². The molecule has 32 heavy (non-hydrogen) atoms. The van der Waals surface area contributed by atoms with E-state index in [0.29, 0.717) is 13.0 Å². The molecule has 0 aliphatic rings. The van der Waals surface area contributed by atoms with E-state index in [9.17, 15) is 15.4 Å². The van der Waals surface area contributed by atoms with E-state index in [1.807, 2.05) is 18.7 Å². The molecule has 0 rings (SSSR count). The van der Waals surface area contributed by atoms with Crippen molar-refractivity contribution in [2.24, 2.45) is 0 Å². The molecule has 0 bridgehead atoms. The Kier molecular flexibility index (Phi) is 20.1. The number of nitrogens with one attached hydrogen (secondary N) is 1. The summed E-state index contributed by atoms with van der Waals surface area (Å²) in [7, 11) is 0. The third-order valence-electron chi connectivity index (χ3n) is 7.42. The Hall–Kier alpha value is -0.200. The standard InChI is InChI=1S/C27H58N2O3/c1-6-9-10-11-12-13-14-15-16-17-18-19-20-21-22-23-27(24(4)30,25(5)31)29(8-3)26(7-2)28-32/h24-26,28,30-32H,6-23H2,1-5H3. The van der Waals surface area contributed by atoms with Crippen molar-refractivity contribution in [3.8, 4) is 0 Å². The van der Waals surface area contributed by atoms with E-state index in [4.69, 9.17) is 0 Å². The second-order valence-corrected chi connectivity index (χ2v) is 9.88. The van der Waals surface area contributed by atoms with E-state index < -0.39 is 17.7 Å². The summed E-state index contributed by atoms with van der Waals surface area (Å²) in [5.74, 6) is 0. The highest BCUT2D eigenvalue weighted by molar-refractivity contribution is 5.00. The molecule has 0 aromatic carbocycles. The molecule has 5 heteroatoms. The van der Waals surface area contributed by atoms with Gasteiger partial charge in [0.2, 0.25) is 0 Å². The summed E-state index contributed by atoms with van der Waals surface area (Å²) in [6.07, 6.45) is 19.6. The SMILES string of the molecule is CCCCCCCCCCCCCCCCCC(C(C)O)(C(C)O)N(CC)C(CC)NO. The third-order valence-corrected chi connectivity index (χ3v) is 7.42. The van der Waals surface area contributed by atoms with Crippen LogP contribution in [-0.2, 0) is 0 Å². The quantitative estimate of drug-likeness (QED) is 0.0771. The van der Waals surface area contributed by atoms with Crippen LogP contribution in [0.1, 0.15) is 144 Å². The molecule has 5 nitrogen and oxygen atoms in total. The fourth-order valence-corrected chi connectivity index (χ4v) is 5.36. The number of hydrogen-bond acceptors (Lipinski definition) is 5. The lowest BCUT2D eigenvalue weighted by Gasteiger charge is -2.51. The minimum atomic E-state index is -0.748. The summed E-state index contributed by atoms with van der Waals surface area (Å²) in [6.45, 7) is 10.5. The van der Waals surface area contributed by atoms with E-state index in [1.165, 1.54) is 83.5 Å². The predicted molar refractivity (Wildman–Crippen MR) is 137 cm³/mol. The highest BCUT2D eigenvalue weighted by Crippen LogP contribution is 2.33. The van der Waals surface area contributed by atoms with E-state index >= 15 is 0 Å². The van der Waals surface area contributed by atoms with Crippen LogP contribution < -0.4 is 5.48 Å². The van der Waals surface area contributed by atoms with Gasteiger partial charge in [0.15, 0.2) is 0 Å². The Morgan fingerprint density at radius 1 is 0.656 bits per heavy atom. The number of likely N-dealkylation sites (N-methyl/N-ethyl adjacent to an activating group) is 1. The first-order valence-electron chi connectivity index (χ1n) is 13.9. The van der Waals surface area contributed by atoms with Crippen molar-refractivity contribution in [1.82, 2.24) is 10.4 Å². The van der Waals surface area contributed by atoms with Gasteiger partial charge < -0.3 is 15.4 Å². The number of nitrogens with zero attached hydrogens (tertiary/aromatic N) is 1. The van der Waals surface area contributed by atoms with Crippen LogP contribution in [0.3, 0.4) is 0 Å². The second kappa shape index (κ2) is 20.2. The number of aliphatic hydroxyl groups is 2. The van der Waals surface area contributed by atoms with Crippen LogP contribution in [0, 0.1) is 0 Å². The van der Waals surface area contributed by atoms with Crippen molar-refractivity contribution >= 4 is 0 Å². The first kappa shape index (κ1) is 31.8. The Morgan fingerprint density at radius 2 is 1.03 bits per heavy atom. The molecule has 0 saturated carbocycles. The maximum Gasteiger partial charge on any atom is 0.0838 e. The number of rotatable bonds is 23. The van der Waals surface area contributed by atoms with E-state index in [1.54, 1.807) is 13.8 Å². The molecule has 0 fully saturated rings. The van der Waals surface area contributed by atoms with Gasteiger partial charge in [-0.05, 0) is 33.2 Å². The smallest absolute Gasteiger partial charge is 0.0838 e. The molecular weight excluding hydrogens is 400 g/mol. The Morgan fingerprint density at radius 3 is 1.31 bits per heavy atom. The molecule has 194 valence electrons. The zero-order valence-corrected chi connectivity index (χ0v) is 22.2. The third kappa shape index (κ3) is 11.8. The first-order valence-corrected chi connectivity index (χ1v) is 13.9. The van der Waals surface area contributed by atoms with Crippen molar-refractivity contribution in [1.29, 1.82) is 0 Å². The molecule has 0 spiro atoms. The van der Waals surface area contributed by atoms with Crippen LogP contribution in [0.5, 0.6) is 0 Å². The Labute approximate surface area is 200 Å². The van der Waals surface area contributed by atoms with Gasteiger partial charge in [0.25, 0.3) is 0 Å². The van der Waals surface area contributed by atoms with Crippen LogP contribution >= 0.6 is 0 Å². The molecule has 0 saturated heterocycles. The number of unbranched alkanes of at least 4 members (excludes halogenated alkanes) is 14. The van der Waals surface area contributed by atoms with Gasteiger partial charge in [0.05, 0.1) is 23.9 Å². The van der Waals surface area contributed by atoms with Crippen molar-refractivity contribution < 1.29 is 15.4 Å². The summed E-state index contributed by atoms with van der Waals surface area (Å²) >= 11 is 0. The van der Waals surface area contributed by atoms with Crippen molar-refractivity contribution in [3.05, 3.63) is 0 Å². The molecule has 0 aliphatic carbocycles. The lowest BCUT2D eigenvalue weighted by Crippen LogP contribution is -2.67. The molecule has 0 radical (unpaired) electrons. The minimum absolute atomic E-state index is 0.277. The van der Waals surface area contributed by atoms with Gasteiger partial charge in [-0.15, -0.1) is 0 Å². The van der Waals surface area contributed by atoms with Gasteiger partial charge in [0, 0.05) is 0 Å². The van der Waals surface area contributed by atoms with Crippen LogP contribution in [0.25, 0.3) is 0 Å². The maximum absolute atomic E-state index is 10.7. The molecule has 0 aromatic rings. The highest BCUT2D eigenvalue weighted by atomic mass is 16.5. The summed E-state index contributed by atoms with van der Waals surface area (Å²) in [5.41, 5.74) is 1.63. The lowest BCUT2D eigenvalue weighted by molar-refractivity contribution is -0.137. The fourth-order valence-electron chi connectivity index (χ4n) is 5.36. The lowest BCUT2D eigenvalue weighted by atomic mass is 9.80. The van der Waals surface area contributed by atoms with Gasteiger partial charge in [-0.1, -0.05) is 117 Å². The molecule has 3 atom stereocenters. The van der Waals surface area contributed by atoms with Gasteiger partial charge >= 0.3 is 0 Å². The molecular formula is C27H58N2O3.